The van der Waals surface area contributed by atoms with Crippen LogP contribution in [0.1, 0.15) is 21.5 Å². The second kappa shape index (κ2) is 6.69. The van der Waals surface area contributed by atoms with Crippen molar-refractivity contribution < 1.29 is 14.3 Å². The smallest absolute Gasteiger partial charge is 0.336 e. The molecule has 0 saturated heterocycles. The van der Waals surface area contributed by atoms with Crippen LogP contribution in [0.4, 0.5) is 0 Å². The Hall–Kier alpha value is -3.66. The zero-order chi connectivity index (χ0) is 17.9. The van der Waals surface area contributed by atoms with Gasteiger partial charge in [0.05, 0.1) is 5.56 Å². The van der Waals surface area contributed by atoms with E-state index in [0.29, 0.717) is 11.5 Å². The van der Waals surface area contributed by atoms with Crippen LogP contribution >= 0.6 is 0 Å². The molecule has 1 N–H and O–H groups in total. The summed E-state index contributed by atoms with van der Waals surface area (Å²) < 4.78 is 5.87. The molecule has 26 heavy (non-hydrogen) atoms. The highest BCUT2D eigenvalue weighted by Gasteiger charge is 2.11. The monoisotopic (exact) mass is 341 g/mol. The maximum atomic E-state index is 11.4. The maximum absolute atomic E-state index is 11.4. The second-order valence-electron chi connectivity index (χ2n) is 5.80. The Kier molecular flexibility index (Phi) is 4.07. The minimum atomic E-state index is -0.947. The molecule has 4 heteroatoms. The highest BCUT2D eigenvalue weighted by Crippen LogP contribution is 2.28. The quantitative estimate of drug-likeness (QED) is 0.507. The van der Waals surface area contributed by atoms with E-state index in [1.807, 2.05) is 60.7 Å². The predicted molar refractivity (Wildman–Crippen MR) is 102 cm³/mol. The zero-order valence-electron chi connectivity index (χ0n) is 13.8. The Morgan fingerprint density at radius 1 is 0.846 bits per heavy atom. The highest BCUT2D eigenvalue weighted by molar-refractivity contribution is 5.94. The molecule has 0 aliphatic rings. The third kappa shape index (κ3) is 3.00. The van der Waals surface area contributed by atoms with Gasteiger partial charge in [0.2, 0.25) is 5.89 Å². The van der Waals surface area contributed by atoms with Crippen molar-refractivity contribution >= 4 is 29.2 Å². The van der Waals surface area contributed by atoms with Gasteiger partial charge in [0.1, 0.15) is 5.52 Å². The molecule has 4 rings (SSSR count). The number of carboxylic acid groups (broad SMARTS) is 1. The van der Waals surface area contributed by atoms with Crippen LogP contribution in [-0.4, -0.2) is 16.1 Å². The van der Waals surface area contributed by atoms with E-state index in [2.05, 4.69) is 4.98 Å². The number of aromatic carboxylic acids is 1. The van der Waals surface area contributed by atoms with Crippen LogP contribution in [0.5, 0.6) is 0 Å². The highest BCUT2D eigenvalue weighted by atomic mass is 16.4. The van der Waals surface area contributed by atoms with Crippen LogP contribution in [0, 0.1) is 0 Å². The minimum Gasteiger partial charge on any atom is -0.478 e. The summed E-state index contributed by atoms with van der Waals surface area (Å²) in [7, 11) is 0. The number of oxazole rings is 1. The number of fused-ring (bicyclic) bond motifs is 1. The molecule has 1 heterocycles. The Balaban J connectivity index is 1.76. The van der Waals surface area contributed by atoms with Gasteiger partial charge in [0, 0.05) is 5.56 Å². The number of para-hydroxylation sites is 2. The van der Waals surface area contributed by atoms with Crippen molar-refractivity contribution in [3.63, 3.8) is 0 Å². The third-order valence-corrected chi connectivity index (χ3v) is 4.12. The van der Waals surface area contributed by atoms with Gasteiger partial charge in [0.25, 0.3) is 0 Å². The number of nitrogens with zero attached hydrogens (tertiary/aromatic N) is 1. The standard InChI is InChI=1S/C22H15NO3/c24-22(25)18-10-4-2-8-16(18)14-13-15-7-1-3-9-17(15)21-23-19-11-5-6-12-20(19)26-21/h1-14H,(H,24,25)/b14-13+. The summed E-state index contributed by atoms with van der Waals surface area (Å²) in [6.45, 7) is 0. The normalized spacial score (nSPS) is 11.2. The third-order valence-electron chi connectivity index (χ3n) is 4.12. The van der Waals surface area contributed by atoms with E-state index in [-0.39, 0.29) is 5.56 Å². The average molecular weight is 341 g/mol. The molecule has 0 saturated carbocycles. The molecule has 0 bridgehead atoms. The molecule has 0 unspecified atom stereocenters. The van der Waals surface area contributed by atoms with Gasteiger partial charge in [-0.3, -0.25) is 0 Å². The molecule has 0 fully saturated rings. The summed E-state index contributed by atoms with van der Waals surface area (Å²) in [5.74, 6) is -0.407. The van der Waals surface area contributed by atoms with E-state index < -0.39 is 5.97 Å². The minimum absolute atomic E-state index is 0.267. The van der Waals surface area contributed by atoms with Gasteiger partial charge in [-0.05, 0) is 35.4 Å². The Morgan fingerprint density at radius 3 is 2.31 bits per heavy atom. The molecule has 0 aliphatic carbocycles. The SMILES string of the molecule is O=C(O)c1ccccc1/C=C/c1ccccc1-c1nc2ccccc2o1. The predicted octanol–water partition coefficient (Wildman–Crippen LogP) is 5.36. The summed E-state index contributed by atoms with van der Waals surface area (Å²) in [4.78, 5) is 15.9. The van der Waals surface area contributed by atoms with Gasteiger partial charge in [-0.1, -0.05) is 60.7 Å². The van der Waals surface area contributed by atoms with Crippen LogP contribution in [-0.2, 0) is 0 Å². The van der Waals surface area contributed by atoms with Crippen LogP contribution < -0.4 is 0 Å². The summed E-state index contributed by atoms with van der Waals surface area (Å²) in [6.07, 6.45) is 3.68. The van der Waals surface area contributed by atoms with Crippen LogP contribution in [0.3, 0.4) is 0 Å². The molecular weight excluding hydrogens is 326 g/mol. The number of rotatable bonds is 4. The van der Waals surface area contributed by atoms with Crippen LogP contribution in [0.15, 0.2) is 77.2 Å². The lowest BCUT2D eigenvalue weighted by atomic mass is 10.0. The van der Waals surface area contributed by atoms with E-state index in [9.17, 15) is 9.90 Å². The number of benzene rings is 3. The van der Waals surface area contributed by atoms with E-state index in [1.165, 1.54) is 0 Å². The Bertz CT molecular complexity index is 1090. The first-order chi connectivity index (χ1) is 12.7. The van der Waals surface area contributed by atoms with E-state index in [0.717, 1.165) is 22.2 Å². The van der Waals surface area contributed by atoms with Crippen LogP contribution in [0.25, 0.3) is 34.7 Å². The van der Waals surface area contributed by atoms with Gasteiger partial charge in [-0.25, -0.2) is 9.78 Å². The molecule has 4 aromatic rings. The second-order valence-corrected chi connectivity index (χ2v) is 5.80. The lowest BCUT2D eigenvalue weighted by Crippen LogP contribution is -1.98. The van der Waals surface area contributed by atoms with Crippen LogP contribution in [0.2, 0.25) is 0 Å². The van der Waals surface area contributed by atoms with Gasteiger partial charge in [-0.15, -0.1) is 0 Å². The molecule has 1 aromatic heterocycles. The maximum Gasteiger partial charge on any atom is 0.336 e. The molecule has 0 amide bonds. The lowest BCUT2D eigenvalue weighted by Gasteiger charge is -2.03. The number of aromatic nitrogens is 1. The van der Waals surface area contributed by atoms with Gasteiger partial charge in [-0.2, -0.15) is 0 Å². The molecule has 0 radical (unpaired) electrons. The van der Waals surface area contributed by atoms with E-state index in [4.69, 9.17) is 4.42 Å². The Labute approximate surface area is 150 Å². The fourth-order valence-corrected chi connectivity index (χ4v) is 2.84. The molecule has 0 aliphatic heterocycles. The van der Waals surface area contributed by atoms with Gasteiger partial charge < -0.3 is 9.52 Å². The van der Waals surface area contributed by atoms with Crippen molar-refractivity contribution in [1.82, 2.24) is 4.98 Å². The first kappa shape index (κ1) is 15.8. The summed E-state index contributed by atoms with van der Waals surface area (Å²) in [5.41, 5.74) is 4.21. The molecular formula is C22H15NO3. The topological polar surface area (TPSA) is 63.3 Å². The van der Waals surface area contributed by atoms with Crippen molar-refractivity contribution in [2.75, 3.05) is 0 Å². The molecule has 126 valence electrons. The lowest BCUT2D eigenvalue weighted by molar-refractivity contribution is 0.0696. The average Bonchev–Trinajstić information content (AvgIpc) is 3.11. The zero-order valence-corrected chi connectivity index (χ0v) is 13.8. The summed E-state index contributed by atoms with van der Waals surface area (Å²) in [5, 5.41) is 9.32. The largest absolute Gasteiger partial charge is 0.478 e. The summed E-state index contributed by atoms with van der Waals surface area (Å²) in [6, 6.07) is 22.3. The molecule has 4 nitrogen and oxygen atoms in total. The molecule has 3 aromatic carbocycles. The Morgan fingerprint density at radius 2 is 1.50 bits per heavy atom. The van der Waals surface area contributed by atoms with Crippen molar-refractivity contribution in [2.45, 2.75) is 0 Å². The first-order valence-electron chi connectivity index (χ1n) is 8.18. The first-order valence-corrected chi connectivity index (χ1v) is 8.18. The number of carbonyl (C=O) groups is 1. The van der Waals surface area contributed by atoms with E-state index >= 15 is 0 Å². The summed E-state index contributed by atoms with van der Waals surface area (Å²) >= 11 is 0. The van der Waals surface area contributed by atoms with Crippen molar-refractivity contribution in [1.29, 1.82) is 0 Å². The number of hydrogen-bond acceptors (Lipinski definition) is 3. The molecule has 0 spiro atoms. The fraction of sp³-hybridized carbons (Fsp3) is 0. The fourth-order valence-electron chi connectivity index (χ4n) is 2.84. The number of carboxylic acids is 1. The molecule has 0 atom stereocenters. The van der Waals surface area contributed by atoms with Crippen molar-refractivity contribution in [3.8, 4) is 11.5 Å². The van der Waals surface area contributed by atoms with Gasteiger partial charge >= 0.3 is 5.97 Å². The van der Waals surface area contributed by atoms with Crippen molar-refractivity contribution in [3.05, 3.63) is 89.5 Å². The number of hydrogen-bond donors (Lipinski definition) is 1. The van der Waals surface area contributed by atoms with Crippen molar-refractivity contribution in [2.24, 2.45) is 0 Å². The van der Waals surface area contributed by atoms with Gasteiger partial charge in [0.15, 0.2) is 5.58 Å². The van der Waals surface area contributed by atoms with E-state index in [1.54, 1.807) is 24.3 Å².